The first kappa shape index (κ1) is 14.3. The summed E-state index contributed by atoms with van der Waals surface area (Å²) in [5.74, 6) is 0. The summed E-state index contributed by atoms with van der Waals surface area (Å²) in [6.45, 7) is 5.40. The molecule has 2 N–H and O–H groups in total. The monoisotopic (exact) mass is 306 g/mol. The number of imidazole rings is 1. The molecule has 4 rings (SSSR count). The van der Waals surface area contributed by atoms with Crippen molar-refractivity contribution in [2.75, 3.05) is 18.8 Å². The molecule has 1 aromatic carbocycles. The van der Waals surface area contributed by atoms with Crippen molar-refractivity contribution < 1.29 is 0 Å². The van der Waals surface area contributed by atoms with Crippen molar-refractivity contribution in [3.63, 3.8) is 0 Å². The van der Waals surface area contributed by atoms with E-state index in [1.165, 1.54) is 37.2 Å². The number of anilines is 1. The number of likely N-dealkylation sites (tertiary alicyclic amines) is 1. The van der Waals surface area contributed by atoms with Crippen molar-refractivity contribution in [1.29, 1.82) is 0 Å². The van der Waals surface area contributed by atoms with Gasteiger partial charge in [0.05, 0.1) is 11.4 Å². The summed E-state index contributed by atoms with van der Waals surface area (Å²) in [5, 5.41) is 0. The number of rotatable bonds is 3. The van der Waals surface area contributed by atoms with Gasteiger partial charge in [-0.3, -0.25) is 4.90 Å². The lowest BCUT2D eigenvalue weighted by Crippen LogP contribution is -2.19. The third kappa shape index (κ3) is 2.70. The van der Waals surface area contributed by atoms with Crippen molar-refractivity contribution in [2.45, 2.75) is 26.3 Å². The third-order valence-corrected chi connectivity index (χ3v) is 4.61. The van der Waals surface area contributed by atoms with Gasteiger partial charge < -0.3 is 10.1 Å². The average Bonchev–Trinajstić information content (AvgIpc) is 3.16. The minimum atomic E-state index is 0.780. The van der Waals surface area contributed by atoms with Crippen LogP contribution in [0.3, 0.4) is 0 Å². The van der Waals surface area contributed by atoms with Crippen LogP contribution < -0.4 is 5.73 Å². The van der Waals surface area contributed by atoms with E-state index in [0.717, 1.165) is 29.1 Å². The summed E-state index contributed by atoms with van der Waals surface area (Å²) in [4.78, 5) is 7.42. The summed E-state index contributed by atoms with van der Waals surface area (Å²) in [6.07, 6.45) is 4.73. The van der Waals surface area contributed by atoms with Gasteiger partial charge >= 0.3 is 0 Å². The molecule has 0 unspecified atom stereocenters. The number of aromatic nitrogens is 2. The van der Waals surface area contributed by atoms with Crippen LogP contribution in [0.5, 0.6) is 0 Å². The fourth-order valence-electron chi connectivity index (χ4n) is 3.42. The molecule has 0 aliphatic carbocycles. The maximum Gasteiger partial charge on any atom is 0.137 e. The standard InChI is InChI=1S/C19H22N4/c1-14-7-10-23-17(13-22-8-2-3-9-22)19(21-18(23)11-14)15-5-4-6-16(20)12-15/h4-7,10-12H,2-3,8-9,13,20H2,1H3. The van der Waals surface area contributed by atoms with Gasteiger partial charge in [0.2, 0.25) is 0 Å². The van der Waals surface area contributed by atoms with E-state index in [-0.39, 0.29) is 0 Å². The molecule has 1 saturated heterocycles. The fourth-order valence-corrected chi connectivity index (χ4v) is 3.42. The predicted molar refractivity (Wildman–Crippen MR) is 94.3 cm³/mol. The summed E-state index contributed by atoms with van der Waals surface area (Å²) in [5.41, 5.74) is 12.4. The Bertz CT molecular complexity index is 844. The molecular formula is C19H22N4. The zero-order valence-electron chi connectivity index (χ0n) is 13.5. The van der Waals surface area contributed by atoms with Gasteiger partial charge in [-0.05, 0) is 62.7 Å². The minimum absolute atomic E-state index is 0.780. The summed E-state index contributed by atoms with van der Waals surface area (Å²) >= 11 is 0. The van der Waals surface area contributed by atoms with Crippen LogP contribution in [0, 0.1) is 6.92 Å². The number of nitrogens with two attached hydrogens (primary N) is 1. The van der Waals surface area contributed by atoms with Gasteiger partial charge in [-0.1, -0.05) is 12.1 Å². The number of hydrogen-bond donors (Lipinski definition) is 1. The highest BCUT2D eigenvalue weighted by Crippen LogP contribution is 2.28. The molecule has 0 spiro atoms. The summed E-state index contributed by atoms with van der Waals surface area (Å²) in [6, 6.07) is 12.3. The van der Waals surface area contributed by atoms with E-state index in [4.69, 9.17) is 10.7 Å². The molecule has 23 heavy (non-hydrogen) atoms. The van der Waals surface area contributed by atoms with E-state index in [9.17, 15) is 0 Å². The Hall–Kier alpha value is -2.33. The van der Waals surface area contributed by atoms with Crippen LogP contribution in [0.15, 0.2) is 42.6 Å². The average molecular weight is 306 g/mol. The number of nitrogens with zero attached hydrogens (tertiary/aromatic N) is 3. The van der Waals surface area contributed by atoms with Crippen LogP contribution in [-0.4, -0.2) is 27.4 Å². The SMILES string of the molecule is Cc1ccn2c(CN3CCCC3)c(-c3cccc(N)c3)nc2c1. The maximum absolute atomic E-state index is 5.98. The Balaban J connectivity index is 1.87. The second kappa shape index (κ2) is 5.70. The van der Waals surface area contributed by atoms with Gasteiger partial charge in [-0.2, -0.15) is 0 Å². The molecule has 0 radical (unpaired) electrons. The molecule has 0 saturated carbocycles. The fraction of sp³-hybridized carbons (Fsp3) is 0.316. The smallest absolute Gasteiger partial charge is 0.137 e. The first-order valence-corrected chi connectivity index (χ1v) is 8.26. The highest BCUT2D eigenvalue weighted by atomic mass is 15.2. The molecule has 4 nitrogen and oxygen atoms in total. The molecule has 2 aromatic heterocycles. The first-order chi connectivity index (χ1) is 11.2. The number of pyridine rings is 1. The molecule has 1 aliphatic rings. The Morgan fingerprint density at radius 1 is 1.13 bits per heavy atom. The van der Waals surface area contributed by atoms with Crippen LogP contribution in [-0.2, 0) is 6.54 Å². The number of nitrogen functional groups attached to an aromatic ring is 1. The van der Waals surface area contributed by atoms with Crippen LogP contribution in [0.2, 0.25) is 0 Å². The lowest BCUT2D eigenvalue weighted by molar-refractivity contribution is 0.327. The van der Waals surface area contributed by atoms with Crippen molar-refractivity contribution in [2.24, 2.45) is 0 Å². The lowest BCUT2D eigenvalue weighted by atomic mass is 10.1. The molecule has 3 heterocycles. The topological polar surface area (TPSA) is 46.6 Å². The molecule has 118 valence electrons. The maximum atomic E-state index is 5.98. The third-order valence-electron chi connectivity index (χ3n) is 4.61. The highest BCUT2D eigenvalue weighted by molar-refractivity contribution is 5.69. The minimum Gasteiger partial charge on any atom is -0.399 e. The van der Waals surface area contributed by atoms with Crippen molar-refractivity contribution in [3.05, 3.63) is 53.9 Å². The van der Waals surface area contributed by atoms with Gasteiger partial charge in [0.15, 0.2) is 0 Å². The number of hydrogen-bond acceptors (Lipinski definition) is 3. The van der Waals surface area contributed by atoms with Gasteiger partial charge in [0.1, 0.15) is 5.65 Å². The van der Waals surface area contributed by atoms with Crippen LogP contribution in [0.1, 0.15) is 24.1 Å². The van der Waals surface area contributed by atoms with E-state index in [2.05, 4.69) is 40.6 Å². The van der Waals surface area contributed by atoms with E-state index < -0.39 is 0 Å². The van der Waals surface area contributed by atoms with Gasteiger partial charge in [0.25, 0.3) is 0 Å². The van der Waals surface area contributed by atoms with Crippen molar-refractivity contribution >= 4 is 11.3 Å². The predicted octanol–water partition coefficient (Wildman–Crippen LogP) is 3.49. The van der Waals surface area contributed by atoms with Crippen molar-refractivity contribution in [1.82, 2.24) is 14.3 Å². The summed E-state index contributed by atoms with van der Waals surface area (Å²) in [7, 11) is 0. The second-order valence-corrected chi connectivity index (χ2v) is 6.45. The zero-order chi connectivity index (χ0) is 15.8. The van der Waals surface area contributed by atoms with Crippen LogP contribution in [0.4, 0.5) is 5.69 Å². The molecular weight excluding hydrogens is 284 g/mol. The second-order valence-electron chi connectivity index (χ2n) is 6.45. The van der Waals surface area contributed by atoms with E-state index in [0.29, 0.717) is 0 Å². The van der Waals surface area contributed by atoms with E-state index in [1.54, 1.807) is 0 Å². The highest BCUT2D eigenvalue weighted by Gasteiger charge is 2.19. The molecule has 3 aromatic rings. The van der Waals surface area contributed by atoms with Crippen molar-refractivity contribution in [3.8, 4) is 11.3 Å². The molecule has 0 atom stereocenters. The molecule has 4 heteroatoms. The molecule has 0 bridgehead atoms. The number of aryl methyl sites for hydroxylation is 1. The quantitative estimate of drug-likeness (QED) is 0.754. The Morgan fingerprint density at radius 3 is 2.74 bits per heavy atom. The van der Waals surface area contributed by atoms with E-state index in [1.807, 2.05) is 18.2 Å². The zero-order valence-corrected chi connectivity index (χ0v) is 13.5. The van der Waals surface area contributed by atoms with Gasteiger partial charge in [-0.25, -0.2) is 4.98 Å². The van der Waals surface area contributed by atoms with Gasteiger partial charge in [0, 0.05) is 24.0 Å². The number of benzene rings is 1. The Kier molecular flexibility index (Phi) is 3.54. The molecule has 0 amide bonds. The summed E-state index contributed by atoms with van der Waals surface area (Å²) < 4.78 is 2.23. The number of fused-ring (bicyclic) bond motifs is 1. The van der Waals surface area contributed by atoms with Crippen LogP contribution in [0.25, 0.3) is 16.9 Å². The lowest BCUT2D eigenvalue weighted by Gasteiger charge is -2.15. The van der Waals surface area contributed by atoms with Crippen LogP contribution >= 0.6 is 0 Å². The molecule has 1 aliphatic heterocycles. The first-order valence-electron chi connectivity index (χ1n) is 8.26. The van der Waals surface area contributed by atoms with E-state index >= 15 is 0 Å². The Morgan fingerprint density at radius 2 is 1.96 bits per heavy atom. The normalized spacial score (nSPS) is 15.5. The Labute approximate surface area is 136 Å². The molecule has 1 fully saturated rings. The largest absolute Gasteiger partial charge is 0.399 e. The van der Waals surface area contributed by atoms with Gasteiger partial charge in [-0.15, -0.1) is 0 Å².